The number of urea groups is 1. The van der Waals surface area contributed by atoms with Gasteiger partial charge in [0.25, 0.3) is 0 Å². The molecule has 1 saturated heterocycles. The van der Waals surface area contributed by atoms with Crippen molar-refractivity contribution in [3.63, 3.8) is 0 Å². The Morgan fingerprint density at radius 2 is 2.33 bits per heavy atom. The Morgan fingerprint density at radius 3 is 3.00 bits per heavy atom. The summed E-state index contributed by atoms with van der Waals surface area (Å²) in [6.45, 7) is 2.89. The lowest BCUT2D eigenvalue weighted by molar-refractivity contribution is 0.110. The van der Waals surface area contributed by atoms with Crippen LogP contribution in [0.15, 0.2) is 24.5 Å². The van der Waals surface area contributed by atoms with Crippen molar-refractivity contribution in [2.75, 3.05) is 26.7 Å². The Balaban J connectivity index is 2.03. The average Bonchev–Trinajstić information content (AvgIpc) is 2.37. The molecule has 2 heterocycles. The van der Waals surface area contributed by atoms with Gasteiger partial charge in [-0.3, -0.25) is 4.98 Å². The maximum absolute atomic E-state index is 12.1. The zero-order valence-corrected chi connectivity index (χ0v) is 10.7. The first-order chi connectivity index (χ1) is 8.70. The third-order valence-corrected chi connectivity index (χ3v) is 3.28. The maximum Gasteiger partial charge on any atom is 0.320 e. The second kappa shape index (κ2) is 5.82. The van der Waals surface area contributed by atoms with E-state index in [-0.39, 0.29) is 6.03 Å². The fourth-order valence-corrected chi connectivity index (χ4v) is 2.42. The first-order valence-electron chi connectivity index (χ1n) is 6.29. The first-order valence-corrected chi connectivity index (χ1v) is 6.29. The van der Waals surface area contributed by atoms with Gasteiger partial charge in [0.1, 0.15) is 0 Å². The van der Waals surface area contributed by atoms with E-state index in [0.29, 0.717) is 19.0 Å². The lowest BCUT2D eigenvalue weighted by Crippen LogP contribution is -2.51. The van der Waals surface area contributed by atoms with Crippen LogP contribution < -0.4 is 5.73 Å². The smallest absolute Gasteiger partial charge is 0.320 e. The summed E-state index contributed by atoms with van der Waals surface area (Å²) in [5, 5.41) is 0. The first kappa shape index (κ1) is 12.8. The van der Waals surface area contributed by atoms with Gasteiger partial charge in [-0.05, 0) is 30.5 Å². The zero-order chi connectivity index (χ0) is 13.0. The normalized spacial score (nSPS) is 20.3. The van der Waals surface area contributed by atoms with Gasteiger partial charge in [0.05, 0.1) is 0 Å². The monoisotopic (exact) mass is 248 g/mol. The second-order valence-corrected chi connectivity index (χ2v) is 4.85. The van der Waals surface area contributed by atoms with Gasteiger partial charge >= 0.3 is 6.03 Å². The molecular weight excluding hydrogens is 228 g/mol. The van der Waals surface area contributed by atoms with Crippen molar-refractivity contribution in [3.05, 3.63) is 30.1 Å². The SMILES string of the molecule is CN1CC(CCN)CN(Cc2cccnc2)C1=O. The minimum Gasteiger partial charge on any atom is -0.330 e. The zero-order valence-electron chi connectivity index (χ0n) is 10.7. The molecule has 1 aromatic rings. The number of carbonyl (C=O) groups excluding carboxylic acids is 1. The van der Waals surface area contributed by atoms with Gasteiger partial charge in [-0.25, -0.2) is 4.79 Å². The van der Waals surface area contributed by atoms with E-state index in [9.17, 15) is 4.79 Å². The van der Waals surface area contributed by atoms with Crippen molar-refractivity contribution < 1.29 is 4.79 Å². The Morgan fingerprint density at radius 1 is 1.50 bits per heavy atom. The van der Waals surface area contributed by atoms with Crippen LogP contribution in [0.3, 0.4) is 0 Å². The van der Waals surface area contributed by atoms with E-state index in [1.807, 2.05) is 24.1 Å². The molecule has 1 aromatic heterocycles. The van der Waals surface area contributed by atoms with Crippen LogP contribution >= 0.6 is 0 Å². The van der Waals surface area contributed by atoms with E-state index in [4.69, 9.17) is 5.73 Å². The number of hydrogen-bond donors (Lipinski definition) is 1. The highest BCUT2D eigenvalue weighted by molar-refractivity contribution is 5.75. The Bertz CT molecular complexity index is 395. The second-order valence-electron chi connectivity index (χ2n) is 4.85. The van der Waals surface area contributed by atoms with E-state index in [0.717, 1.165) is 25.1 Å². The fraction of sp³-hybridized carbons (Fsp3) is 0.538. The van der Waals surface area contributed by atoms with Gasteiger partial charge in [-0.1, -0.05) is 6.07 Å². The van der Waals surface area contributed by atoms with Crippen molar-refractivity contribution in [2.45, 2.75) is 13.0 Å². The third-order valence-electron chi connectivity index (χ3n) is 3.28. The lowest BCUT2D eigenvalue weighted by Gasteiger charge is -2.38. The molecule has 5 nitrogen and oxygen atoms in total. The van der Waals surface area contributed by atoms with Crippen LogP contribution in [0.2, 0.25) is 0 Å². The third kappa shape index (κ3) is 2.98. The highest BCUT2D eigenvalue weighted by Crippen LogP contribution is 2.17. The van der Waals surface area contributed by atoms with E-state index in [1.165, 1.54) is 0 Å². The van der Waals surface area contributed by atoms with Crippen LogP contribution in [-0.2, 0) is 6.54 Å². The van der Waals surface area contributed by atoms with E-state index >= 15 is 0 Å². The van der Waals surface area contributed by atoms with Gasteiger partial charge in [0.15, 0.2) is 0 Å². The van der Waals surface area contributed by atoms with Crippen LogP contribution in [0, 0.1) is 5.92 Å². The number of nitrogens with two attached hydrogens (primary N) is 1. The number of carbonyl (C=O) groups is 1. The van der Waals surface area contributed by atoms with Crippen LogP contribution in [-0.4, -0.2) is 47.5 Å². The van der Waals surface area contributed by atoms with Gasteiger partial charge in [0.2, 0.25) is 0 Å². The molecule has 1 unspecified atom stereocenters. The van der Waals surface area contributed by atoms with E-state index in [1.54, 1.807) is 17.3 Å². The molecule has 98 valence electrons. The Hall–Kier alpha value is -1.62. The van der Waals surface area contributed by atoms with Crippen LogP contribution in [0.1, 0.15) is 12.0 Å². The summed E-state index contributed by atoms with van der Waals surface area (Å²) < 4.78 is 0. The molecule has 1 aliphatic rings. The number of nitrogens with zero attached hydrogens (tertiary/aromatic N) is 3. The molecule has 2 rings (SSSR count). The van der Waals surface area contributed by atoms with Gasteiger partial charge in [0, 0.05) is 39.1 Å². The number of amides is 2. The van der Waals surface area contributed by atoms with Crippen molar-refractivity contribution in [1.29, 1.82) is 0 Å². The number of pyridine rings is 1. The number of aromatic nitrogens is 1. The lowest BCUT2D eigenvalue weighted by atomic mass is 10.0. The van der Waals surface area contributed by atoms with Crippen molar-refractivity contribution in [3.8, 4) is 0 Å². The van der Waals surface area contributed by atoms with Crippen molar-refractivity contribution >= 4 is 6.03 Å². The quantitative estimate of drug-likeness (QED) is 0.861. The molecule has 0 aliphatic carbocycles. The standard InChI is InChI=1S/C13H20N4O/c1-16-8-12(4-5-14)10-17(13(16)18)9-11-3-2-6-15-7-11/h2-3,6-7,12H,4-5,8-10,14H2,1H3. The van der Waals surface area contributed by atoms with Crippen molar-refractivity contribution in [1.82, 2.24) is 14.8 Å². The molecular formula is C13H20N4O. The molecule has 5 heteroatoms. The fourth-order valence-electron chi connectivity index (χ4n) is 2.42. The molecule has 0 radical (unpaired) electrons. The molecule has 0 bridgehead atoms. The Kier molecular flexibility index (Phi) is 4.15. The molecule has 1 fully saturated rings. The topological polar surface area (TPSA) is 62.5 Å². The molecule has 18 heavy (non-hydrogen) atoms. The largest absolute Gasteiger partial charge is 0.330 e. The van der Waals surface area contributed by atoms with Crippen LogP contribution in [0.4, 0.5) is 4.79 Å². The number of rotatable bonds is 4. The summed E-state index contributed by atoms with van der Waals surface area (Å²) in [6.07, 6.45) is 4.51. The molecule has 2 N–H and O–H groups in total. The predicted octanol–water partition coefficient (Wildman–Crippen LogP) is 0.914. The Labute approximate surface area is 108 Å². The molecule has 1 aliphatic heterocycles. The highest BCUT2D eigenvalue weighted by atomic mass is 16.2. The van der Waals surface area contributed by atoms with Crippen LogP contribution in [0.25, 0.3) is 0 Å². The highest BCUT2D eigenvalue weighted by Gasteiger charge is 2.28. The van der Waals surface area contributed by atoms with Gasteiger partial charge < -0.3 is 15.5 Å². The molecule has 0 aromatic carbocycles. The molecule has 1 atom stereocenters. The minimum atomic E-state index is 0.0899. The summed E-state index contributed by atoms with van der Waals surface area (Å²) >= 11 is 0. The van der Waals surface area contributed by atoms with Crippen LogP contribution in [0.5, 0.6) is 0 Å². The summed E-state index contributed by atoms with van der Waals surface area (Å²) in [5.41, 5.74) is 6.67. The summed E-state index contributed by atoms with van der Waals surface area (Å²) in [7, 11) is 1.85. The van der Waals surface area contributed by atoms with E-state index in [2.05, 4.69) is 4.98 Å². The van der Waals surface area contributed by atoms with Gasteiger partial charge in [-0.2, -0.15) is 0 Å². The molecule has 0 spiro atoms. The summed E-state index contributed by atoms with van der Waals surface area (Å²) in [6, 6.07) is 3.98. The maximum atomic E-state index is 12.1. The van der Waals surface area contributed by atoms with Crippen molar-refractivity contribution in [2.24, 2.45) is 11.7 Å². The predicted molar refractivity (Wildman–Crippen MR) is 69.8 cm³/mol. The van der Waals surface area contributed by atoms with E-state index < -0.39 is 0 Å². The van der Waals surface area contributed by atoms with Gasteiger partial charge in [-0.15, -0.1) is 0 Å². The molecule has 2 amide bonds. The minimum absolute atomic E-state index is 0.0899. The summed E-state index contributed by atoms with van der Waals surface area (Å²) in [5.74, 6) is 0.467. The molecule has 0 saturated carbocycles. The summed E-state index contributed by atoms with van der Waals surface area (Å²) in [4.78, 5) is 19.8. The number of hydrogen-bond acceptors (Lipinski definition) is 3. The average molecular weight is 248 g/mol.